The molecule has 1 atom stereocenters. The first-order chi connectivity index (χ1) is 9.23. The average molecular weight is 263 g/mol. The third-order valence-corrected chi connectivity index (χ3v) is 3.97. The Labute approximate surface area is 118 Å². The Morgan fingerprint density at radius 1 is 1.16 bits per heavy atom. The van der Waals surface area contributed by atoms with Crippen molar-refractivity contribution in [3.63, 3.8) is 0 Å². The Balaban J connectivity index is 2.65. The first-order valence-electron chi connectivity index (χ1n) is 7.50. The Morgan fingerprint density at radius 3 is 2.47 bits per heavy atom. The number of ether oxygens (including phenoxy) is 1. The Bertz CT molecular complexity index is 347. The molecule has 0 saturated heterocycles. The summed E-state index contributed by atoms with van der Waals surface area (Å²) in [5.41, 5.74) is 1.38. The van der Waals surface area contributed by atoms with E-state index in [2.05, 4.69) is 37.4 Å². The van der Waals surface area contributed by atoms with Crippen molar-refractivity contribution in [2.24, 2.45) is 11.8 Å². The lowest BCUT2D eigenvalue weighted by Gasteiger charge is -2.22. The summed E-state index contributed by atoms with van der Waals surface area (Å²) < 4.78 is 5.30. The normalized spacial score (nSPS) is 12.7. The highest BCUT2D eigenvalue weighted by Gasteiger charge is 2.14. The van der Waals surface area contributed by atoms with E-state index in [1.807, 2.05) is 13.1 Å². The zero-order valence-electron chi connectivity index (χ0n) is 12.9. The topological polar surface area (TPSA) is 21.3 Å². The molecule has 1 aromatic carbocycles. The van der Waals surface area contributed by atoms with Gasteiger partial charge in [0.2, 0.25) is 0 Å². The molecule has 0 saturated carbocycles. The lowest BCUT2D eigenvalue weighted by molar-refractivity contribution is 0.343. The number of rotatable bonds is 9. The second kappa shape index (κ2) is 8.98. The van der Waals surface area contributed by atoms with Crippen LogP contribution < -0.4 is 10.1 Å². The molecule has 0 aromatic heterocycles. The standard InChI is InChI=1S/C17H29NO/c1-5-14(6-2)10-16(13-18-3)11-15-8-7-9-17(12-15)19-4/h7-9,12,14,16,18H,5-6,10-11,13H2,1-4H3. The first-order valence-corrected chi connectivity index (χ1v) is 7.50. The molecule has 0 amide bonds. The van der Waals surface area contributed by atoms with Crippen LogP contribution in [-0.4, -0.2) is 20.7 Å². The second-order valence-electron chi connectivity index (χ2n) is 5.40. The van der Waals surface area contributed by atoms with Gasteiger partial charge < -0.3 is 10.1 Å². The van der Waals surface area contributed by atoms with Crippen LogP contribution >= 0.6 is 0 Å². The minimum Gasteiger partial charge on any atom is -0.497 e. The number of methoxy groups -OCH3 is 1. The molecular formula is C17H29NO. The molecule has 1 unspecified atom stereocenters. The summed E-state index contributed by atoms with van der Waals surface area (Å²) in [6.45, 7) is 5.69. The quantitative estimate of drug-likeness (QED) is 0.729. The van der Waals surface area contributed by atoms with E-state index in [0.717, 1.165) is 24.6 Å². The second-order valence-corrected chi connectivity index (χ2v) is 5.40. The lowest BCUT2D eigenvalue weighted by Crippen LogP contribution is -2.23. The van der Waals surface area contributed by atoms with Crippen LogP contribution in [0, 0.1) is 11.8 Å². The zero-order valence-corrected chi connectivity index (χ0v) is 12.9. The molecule has 2 heteroatoms. The monoisotopic (exact) mass is 263 g/mol. The highest BCUT2D eigenvalue weighted by molar-refractivity contribution is 5.28. The van der Waals surface area contributed by atoms with Gasteiger partial charge in [0, 0.05) is 0 Å². The molecule has 0 fully saturated rings. The molecular weight excluding hydrogens is 234 g/mol. The lowest BCUT2D eigenvalue weighted by atomic mass is 9.86. The van der Waals surface area contributed by atoms with Gasteiger partial charge in [0.1, 0.15) is 5.75 Å². The van der Waals surface area contributed by atoms with Gasteiger partial charge >= 0.3 is 0 Å². The van der Waals surface area contributed by atoms with E-state index in [0.29, 0.717) is 5.92 Å². The van der Waals surface area contributed by atoms with Gasteiger partial charge in [0.05, 0.1) is 7.11 Å². The molecule has 1 aromatic rings. The molecule has 0 aliphatic heterocycles. The van der Waals surface area contributed by atoms with E-state index < -0.39 is 0 Å². The van der Waals surface area contributed by atoms with Crippen molar-refractivity contribution in [1.82, 2.24) is 5.32 Å². The van der Waals surface area contributed by atoms with Crippen molar-refractivity contribution in [1.29, 1.82) is 0 Å². The van der Waals surface area contributed by atoms with Gasteiger partial charge in [-0.25, -0.2) is 0 Å². The fourth-order valence-electron chi connectivity index (χ4n) is 2.75. The predicted octanol–water partition coefficient (Wildman–Crippen LogP) is 3.90. The fourth-order valence-corrected chi connectivity index (χ4v) is 2.75. The Morgan fingerprint density at radius 2 is 1.89 bits per heavy atom. The van der Waals surface area contributed by atoms with Crippen molar-refractivity contribution in [3.05, 3.63) is 29.8 Å². The van der Waals surface area contributed by atoms with Crippen LogP contribution in [-0.2, 0) is 6.42 Å². The first kappa shape index (κ1) is 16.0. The maximum absolute atomic E-state index is 5.30. The third kappa shape index (κ3) is 5.65. The van der Waals surface area contributed by atoms with Gasteiger partial charge in [-0.1, -0.05) is 38.8 Å². The van der Waals surface area contributed by atoms with Crippen LogP contribution in [0.3, 0.4) is 0 Å². The van der Waals surface area contributed by atoms with Gasteiger partial charge in [0.15, 0.2) is 0 Å². The van der Waals surface area contributed by atoms with Crippen molar-refractivity contribution < 1.29 is 4.74 Å². The summed E-state index contributed by atoms with van der Waals surface area (Å²) in [6.07, 6.45) is 5.02. The molecule has 1 N–H and O–H groups in total. The Hall–Kier alpha value is -1.02. The summed E-state index contributed by atoms with van der Waals surface area (Å²) in [7, 11) is 3.78. The highest BCUT2D eigenvalue weighted by Crippen LogP contribution is 2.23. The molecule has 108 valence electrons. The number of benzene rings is 1. The average Bonchev–Trinajstić information content (AvgIpc) is 2.45. The molecule has 1 rings (SSSR count). The van der Waals surface area contributed by atoms with Gasteiger partial charge in [-0.05, 0) is 56.0 Å². The van der Waals surface area contributed by atoms with Crippen LogP contribution in [0.2, 0.25) is 0 Å². The van der Waals surface area contributed by atoms with Crippen LogP contribution in [0.25, 0.3) is 0 Å². The van der Waals surface area contributed by atoms with Crippen LogP contribution in [0.4, 0.5) is 0 Å². The number of hydrogen-bond donors (Lipinski definition) is 1. The molecule has 0 heterocycles. The summed E-state index contributed by atoms with van der Waals surface area (Å²) >= 11 is 0. The van der Waals surface area contributed by atoms with E-state index >= 15 is 0 Å². The predicted molar refractivity (Wildman–Crippen MR) is 82.8 cm³/mol. The number of nitrogens with one attached hydrogen (secondary N) is 1. The van der Waals surface area contributed by atoms with Crippen molar-refractivity contribution >= 4 is 0 Å². The van der Waals surface area contributed by atoms with Gasteiger partial charge in [0.25, 0.3) is 0 Å². The maximum Gasteiger partial charge on any atom is 0.119 e. The fraction of sp³-hybridized carbons (Fsp3) is 0.647. The highest BCUT2D eigenvalue weighted by atomic mass is 16.5. The van der Waals surface area contributed by atoms with Gasteiger partial charge in [-0.3, -0.25) is 0 Å². The van der Waals surface area contributed by atoms with Gasteiger partial charge in [-0.15, -0.1) is 0 Å². The van der Waals surface area contributed by atoms with Crippen molar-refractivity contribution in [2.45, 2.75) is 39.5 Å². The molecule has 0 radical (unpaired) electrons. The summed E-state index contributed by atoms with van der Waals surface area (Å²) in [5.74, 6) is 2.52. The molecule has 0 bridgehead atoms. The van der Waals surface area contributed by atoms with E-state index in [9.17, 15) is 0 Å². The zero-order chi connectivity index (χ0) is 14.1. The SMILES string of the molecule is CCC(CC)CC(CNC)Cc1cccc(OC)c1. The molecule has 2 nitrogen and oxygen atoms in total. The van der Waals surface area contributed by atoms with Crippen molar-refractivity contribution in [3.8, 4) is 5.75 Å². The molecule has 0 aliphatic rings. The summed E-state index contributed by atoms with van der Waals surface area (Å²) in [4.78, 5) is 0. The summed E-state index contributed by atoms with van der Waals surface area (Å²) in [5, 5.41) is 3.34. The smallest absolute Gasteiger partial charge is 0.119 e. The van der Waals surface area contributed by atoms with E-state index in [1.165, 1.54) is 24.8 Å². The summed E-state index contributed by atoms with van der Waals surface area (Å²) in [6, 6.07) is 8.47. The van der Waals surface area contributed by atoms with E-state index in [1.54, 1.807) is 7.11 Å². The van der Waals surface area contributed by atoms with Crippen LogP contribution in [0.15, 0.2) is 24.3 Å². The van der Waals surface area contributed by atoms with Crippen molar-refractivity contribution in [2.75, 3.05) is 20.7 Å². The van der Waals surface area contributed by atoms with Crippen LogP contribution in [0.1, 0.15) is 38.7 Å². The minimum atomic E-state index is 0.710. The third-order valence-electron chi connectivity index (χ3n) is 3.97. The number of hydrogen-bond acceptors (Lipinski definition) is 2. The van der Waals surface area contributed by atoms with Crippen LogP contribution in [0.5, 0.6) is 5.75 Å². The maximum atomic E-state index is 5.30. The van der Waals surface area contributed by atoms with E-state index in [4.69, 9.17) is 4.74 Å². The largest absolute Gasteiger partial charge is 0.497 e. The molecule has 0 spiro atoms. The molecule has 0 aliphatic carbocycles. The molecule has 19 heavy (non-hydrogen) atoms. The minimum absolute atomic E-state index is 0.710. The van der Waals surface area contributed by atoms with Gasteiger partial charge in [-0.2, -0.15) is 0 Å². The van der Waals surface area contributed by atoms with E-state index in [-0.39, 0.29) is 0 Å². The Kier molecular flexibility index (Phi) is 7.57.